The van der Waals surface area contributed by atoms with Crippen LogP contribution in [0.15, 0.2) is 30.5 Å². The van der Waals surface area contributed by atoms with Gasteiger partial charge in [0.05, 0.1) is 0 Å². The van der Waals surface area contributed by atoms with Crippen LogP contribution < -0.4 is 16.4 Å². The number of fused-ring (bicyclic) bond motifs is 1. The van der Waals surface area contributed by atoms with Crippen molar-refractivity contribution in [3.05, 3.63) is 41.6 Å². The van der Waals surface area contributed by atoms with E-state index in [0.717, 1.165) is 25.1 Å². The van der Waals surface area contributed by atoms with Crippen LogP contribution in [-0.2, 0) is 13.0 Å². The minimum atomic E-state index is 0.220. The first-order valence-electron chi connectivity index (χ1n) is 5.94. The highest BCUT2D eigenvalue weighted by Gasteiger charge is 2.19. The minimum absolute atomic E-state index is 0.220. The van der Waals surface area contributed by atoms with Gasteiger partial charge in [0.15, 0.2) is 0 Å². The van der Waals surface area contributed by atoms with Crippen LogP contribution in [0.5, 0.6) is 0 Å². The second-order valence-corrected chi connectivity index (χ2v) is 4.44. The number of para-hydroxylation sites is 1. The van der Waals surface area contributed by atoms with Gasteiger partial charge in [0.2, 0.25) is 5.95 Å². The number of hydrogen-bond acceptors (Lipinski definition) is 5. The Morgan fingerprint density at radius 2 is 2.06 bits per heavy atom. The summed E-state index contributed by atoms with van der Waals surface area (Å²) in [4.78, 5) is 10.3. The van der Waals surface area contributed by atoms with Crippen LogP contribution in [0.25, 0.3) is 0 Å². The van der Waals surface area contributed by atoms with Gasteiger partial charge in [-0.25, -0.2) is 4.98 Å². The molecule has 0 fully saturated rings. The molecule has 0 saturated heterocycles. The SMILES string of the molecule is Nc1ncc(CN2CCc3ccccc32)c(N)n1. The summed E-state index contributed by atoms with van der Waals surface area (Å²) in [5, 5.41) is 0. The molecular formula is C13H15N5. The van der Waals surface area contributed by atoms with E-state index in [-0.39, 0.29) is 5.95 Å². The molecule has 2 heterocycles. The van der Waals surface area contributed by atoms with Crippen molar-refractivity contribution in [3.8, 4) is 0 Å². The fourth-order valence-electron chi connectivity index (χ4n) is 2.33. The van der Waals surface area contributed by atoms with Crippen molar-refractivity contribution in [1.82, 2.24) is 9.97 Å². The number of rotatable bonds is 2. The third-order valence-electron chi connectivity index (χ3n) is 3.26. The largest absolute Gasteiger partial charge is 0.383 e. The van der Waals surface area contributed by atoms with Crippen LogP contribution in [0.4, 0.5) is 17.5 Å². The van der Waals surface area contributed by atoms with E-state index in [0.29, 0.717) is 5.82 Å². The first-order chi connectivity index (χ1) is 8.74. The number of nitrogen functional groups attached to an aromatic ring is 2. The van der Waals surface area contributed by atoms with Gasteiger partial charge in [-0.2, -0.15) is 4.98 Å². The van der Waals surface area contributed by atoms with Crippen molar-refractivity contribution in [1.29, 1.82) is 0 Å². The molecule has 0 atom stereocenters. The van der Waals surface area contributed by atoms with Gasteiger partial charge < -0.3 is 16.4 Å². The van der Waals surface area contributed by atoms with Gasteiger partial charge in [0.1, 0.15) is 5.82 Å². The van der Waals surface area contributed by atoms with E-state index in [9.17, 15) is 0 Å². The highest BCUT2D eigenvalue weighted by Crippen LogP contribution is 2.29. The maximum atomic E-state index is 5.86. The normalized spacial score (nSPS) is 13.7. The van der Waals surface area contributed by atoms with Crippen molar-refractivity contribution >= 4 is 17.5 Å². The molecule has 0 saturated carbocycles. The Labute approximate surface area is 105 Å². The third kappa shape index (κ3) is 1.84. The van der Waals surface area contributed by atoms with Gasteiger partial charge in [0, 0.05) is 30.5 Å². The molecule has 0 amide bonds. The van der Waals surface area contributed by atoms with Gasteiger partial charge in [0.25, 0.3) is 0 Å². The summed E-state index contributed by atoms with van der Waals surface area (Å²) in [5.41, 5.74) is 14.9. The lowest BCUT2D eigenvalue weighted by Crippen LogP contribution is -2.21. The number of aromatic nitrogens is 2. The zero-order valence-electron chi connectivity index (χ0n) is 10.0. The van der Waals surface area contributed by atoms with Crippen molar-refractivity contribution in [2.45, 2.75) is 13.0 Å². The zero-order chi connectivity index (χ0) is 12.5. The highest BCUT2D eigenvalue weighted by molar-refractivity contribution is 5.59. The van der Waals surface area contributed by atoms with E-state index in [1.807, 2.05) is 0 Å². The van der Waals surface area contributed by atoms with Gasteiger partial charge in [-0.3, -0.25) is 0 Å². The topological polar surface area (TPSA) is 81.1 Å². The molecule has 0 bridgehead atoms. The fourth-order valence-corrected chi connectivity index (χ4v) is 2.33. The number of benzene rings is 1. The number of anilines is 3. The second kappa shape index (κ2) is 4.18. The van der Waals surface area contributed by atoms with E-state index in [1.165, 1.54) is 11.3 Å². The van der Waals surface area contributed by atoms with Crippen LogP contribution in [0, 0.1) is 0 Å². The van der Waals surface area contributed by atoms with E-state index in [2.05, 4.69) is 39.1 Å². The first-order valence-corrected chi connectivity index (χ1v) is 5.94. The first kappa shape index (κ1) is 10.8. The van der Waals surface area contributed by atoms with Crippen LogP contribution in [0.3, 0.4) is 0 Å². The molecule has 5 nitrogen and oxygen atoms in total. The van der Waals surface area contributed by atoms with Crippen molar-refractivity contribution in [2.24, 2.45) is 0 Å². The molecule has 5 heteroatoms. The van der Waals surface area contributed by atoms with Crippen LogP contribution in [-0.4, -0.2) is 16.5 Å². The lowest BCUT2D eigenvalue weighted by molar-refractivity contribution is 0.830. The predicted octanol–water partition coefficient (Wildman–Crippen LogP) is 1.20. The lowest BCUT2D eigenvalue weighted by atomic mass is 10.2. The van der Waals surface area contributed by atoms with Crippen LogP contribution in [0.2, 0.25) is 0 Å². The summed E-state index contributed by atoms with van der Waals surface area (Å²) in [7, 11) is 0. The number of hydrogen-bond donors (Lipinski definition) is 2. The summed E-state index contributed by atoms with van der Waals surface area (Å²) in [6.07, 6.45) is 2.78. The molecular weight excluding hydrogens is 226 g/mol. The maximum absolute atomic E-state index is 5.86. The monoisotopic (exact) mass is 241 g/mol. The predicted molar refractivity (Wildman–Crippen MR) is 72.1 cm³/mol. The standard InChI is InChI=1S/C13H15N5/c14-12-10(7-16-13(15)17-12)8-18-6-5-9-3-1-2-4-11(9)18/h1-4,7H,5-6,8H2,(H4,14,15,16,17). The van der Waals surface area contributed by atoms with Gasteiger partial charge in [-0.1, -0.05) is 18.2 Å². The Bertz CT molecular complexity index is 581. The molecule has 2 aromatic rings. The van der Waals surface area contributed by atoms with Crippen molar-refractivity contribution in [2.75, 3.05) is 22.9 Å². The minimum Gasteiger partial charge on any atom is -0.383 e. The molecule has 92 valence electrons. The Kier molecular flexibility index (Phi) is 2.51. The third-order valence-corrected chi connectivity index (χ3v) is 3.26. The highest BCUT2D eigenvalue weighted by atomic mass is 15.2. The van der Waals surface area contributed by atoms with E-state index in [4.69, 9.17) is 11.5 Å². The molecule has 0 unspecified atom stereocenters. The van der Waals surface area contributed by atoms with Gasteiger partial charge in [-0.15, -0.1) is 0 Å². The summed E-state index contributed by atoms with van der Waals surface area (Å²) >= 11 is 0. The molecule has 1 aromatic carbocycles. The Morgan fingerprint density at radius 3 is 2.89 bits per heavy atom. The van der Waals surface area contributed by atoms with E-state index in [1.54, 1.807) is 6.20 Å². The average Bonchev–Trinajstić information content (AvgIpc) is 2.76. The van der Waals surface area contributed by atoms with Crippen LogP contribution >= 0.6 is 0 Å². The van der Waals surface area contributed by atoms with E-state index < -0.39 is 0 Å². The number of nitrogens with two attached hydrogens (primary N) is 2. The molecule has 0 spiro atoms. The summed E-state index contributed by atoms with van der Waals surface area (Å²) in [6, 6.07) is 8.43. The van der Waals surface area contributed by atoms with Crippen molar-refractivity contribution in [3.63, 3.8) is 0 Å². The fraction of sp³-hybridized carbons (Fsp3) is 0.231. The Morgan fingerprint density at radius 1 is 1.22 bits per heavy atom. The van der Waals surface area contributed by atoms with Crippen molar-refractivity contribution < 1.29 is 0 Å². The lowest BCUT2D eigenvalue weighted by Gasteiger charge is -2.19. The van der Waals surface area contributed by atoms with Gasteiger partial charge in [-0.05, 0) is 18.1 Å². The number of nitrogens with zero attached hydrogens (tertiary/aromatic N) is 3. The average molecular weight is 241 g/mol. The summed E-state index contributed by atoms with van der Waals surface area (Å²) in [5.74, 6) is 0.685. The maximum Gasteiger partial charge on any atom is 0.221 e. The molecule has 1 aliphatic rings. The molecule has 3 rings (SSSR count). The molecule has 0 aliphatic carbocycles. The smallest absolute Gasteiger partial charge is 0.221 e. The molecule has 4 N–H and O–H groups in total. The molecule has 1 aromatic heterocycles. The van der Waals surface area contributed by atoms with E-state index >= 15 is 0 Å². The summed E-state index contributed by atoms with van der Waals surface area (Å²) in [6.45, 7) is 1.73. The molecule has 0 radical (unpaired) electrons. The molecule has 18 heavy (non-hydrogen) atoms. The summed E-state index contributed by atoms with van der Waals surface area (Å²) < 4.78 is 0. The molecule has 1 aliphatic heterocycles. The second-order valence-electron chi connectivity index (χ2n) is 4.44. The Balaban J connectivity index is 1.86. The van der Waals surface area contributed by atoms with Gasteiger partial charge >= 0.3 is 0 Å². The van der Waals surface area contributed by atoms with Crippen LogP contribution in [0.1, 0.15) is 11.1 Å². The zero-order valence-corrected chi connectivity index (χ0v) is 10.0. The Hall–Kier alpha value is -2.30. The quantitative estimate of drug-likeness (QED) is 0.825.